The number of amidine groups is 1. The SMILES string of the molecule is Cc1ccc(C=NN=C(N)SCc2ccccc2)c(F)c1F. The monoisotopic (exact) mass is 319 g/mol. The Balaban J connectivity index is 1.97. The number of hydrogen-bond donors (Lipinski definition) is 1. The van der Waals surface area contributed by atoms with Crippen LogP contribution >= 0.6 is 11.8 Å². The number of rotatable bonds is 4. The minimum atomic E-state index is -0.936. The molecular formula is C16H15F2N3S. The third kappa shape index (κ3) is 4.39. The molecule has 0 heterocycles. The van der Waals surface area contributed by atoms with E-state index in [1.165, 1.54) is 30.8 Å². The van der Waals surface area contributed by atoms with E-state index < -0.39 is 11.6 Å². The van der Waals surface area contributed by atoms with Gasteiger partial charge >= 0.3 is 0 Å². The minimum absolute atomic E-state index is 0.0349. The van der Waals surface area contributed by atoms with Crippen molar-refractivity contribution in [3.8, 4) is 0 Å². The smallest absolute Gasteiger partial charge is 0.180 e. The Labute approximate surface area is 132 Å². The van der Waals surface area contributed by atoms with Crippen molar-refractivity contribution >= 4 is 23.1 Å². The van der Waals surface area contributed by atoms with E-state index in [0.717, 1.165) is 11.8 Å². The van der Waals surface area contributed by atoms with Gasteiger partial charge in [-0.25, -0.2) is 8.78 Å². The zero-order valence-electron chi connectivity index (χ0n) is 12.0. The molecule has 0 radical (unpaired) electrons. The highest BCUT2D eigenvalue weighted by Crippen LogP contribution is 2.14. The summed E-state index contributed by atoms with van der Waals surface area (Å²) in [5.74, 6) is -1.15. The number of nitrogens with zero attached hydrogens (tertiary/aromatic N) is 2. The van der Waals surface area contributed by atoms with Crippen LogP contribution in [0.5, 0.6) is 0 Å². The molecular weight excluding hydrogens is 304 g/mol. The maximum atomic E-state index is 13.6. The molecule has 0 aromatic heterocycles. The molecule has 0 bridgehead atoms. The van der Waals surface area contributed by atoms with Crippen molar-refractivity contribution < 1.29 is 8.78 Å². The van der Waals surface area contributed by atoms with Crippen LogP contribution in [0.1, 0.15) is 16.7 Å². The van der Waals surface area contributed by atoms with Crippen LogP contribution in [0.25, 0.3) is 0 Å². The first-order valence-electron chi connectivity index (χ1n) is 6.55. The Hall–Kier alpha value is -2.21. The van der Waals surface area contributed by atoms with E-state index in [9.17, 15) is 8.78 Å². The molecule has 0 unspecified atom stereocenters. The Morgan fingerprint density at radius 1 is 1.14 bits per heavy atom. The zero-order chi connectivity index (χ0) is 15.9. The van der Waals surface area contributed by atoms with E-state index in [4.69, 9.17) is 5.73 Å². The topological polar surface area (TPSA) is 50.7 Å². The predicted molar refractivity (Wildman–Crippen MR) is 88.0 cm³/mol. The van der Waals surface area contributed by atoms with Gasteiger partial charge in [-0.2, -0.15) is 5.10 Å². The van der Waals surface area contributed by atoms with E-state index in [-0.39, 0.29) is 16.3 Å². The summed E-state index contributed by atoms with van der Waals surface area (Å²) in [5, 5.41) is 7.72. The van der Waals surface area contributed by atoms with E-state index >= 15 is 0 Å². The number of hydrogen-bond acceptors (Lipinski definition) is 3. The van der Waals surface area contributed by atoms with Crippen molar-refractivity contribution in [3.63, 3.8) is 0 Å². The highest BCUT2D eigenvalue weighted by Gasteiger charge is 2.08. The molecule has 2 N–H and O–H groups in total. The standard InChI is InChI=1S/C16H15F2N3S/c1-11-7-8-13(15(18)14(11)17)9-20-21-16(19)22-10-12-5-3-2-4-6-12/h2-9H,10H2,1H3,(H2,19,21). The molecule has 0 fully saturated rings. The van der Waals surface area contributed by atoms with Crippen LogP contribution in [0.3, 0.4) is 0 Å². The first-order valence-corrected chi connectivity index (χ1v) is 7.54. The number of nitrogens with two attached hydrogens (primary N) is 1. The number of thioether (sulfide) groups is 1. The summed E-state index contributed by atoms with van der Waals surface area (Å²) in [7, 11) is 0. The average molecular weight is 319 g/mol. The molecule has 0 spiro atoms. The van der Waals surface area contributed by atoms with Gasteiger partial charge in [-0.1, -0.05) is 48.2 Å². The fraction of sp³-hybridized carbons (Fsp3) is 0.125. The van der Waals surface area contributed by atoms with Crippen LogP contribution in [0, 0.1) is 18.6 Å². The predicted octanol–water partition coefficient (Wildman–Crippen LogP) is 3.86. The summed E-state index contributed by atoms with van der Waals surface area (Å²) < 4.78 is 27.0. The van der Waals surface area contributed by atoms with Gasteiger partial charge in [0.05, 0.1) is 6.21 Å². The summed E-state index contributed by atoms with van der Waals surface area (Å²) in [4.78, 5) is 0. The summed E-state index contributed by atoms with van der Waals surface area (Å²) in [6.45, 7) is 1.50. The molecule has 114 valence electrons. The van der Waals surface area contributed by atoms with Crippen molar-refractivity contribution in [3.05, 3.63) is 70.8 Å². The highest BCUT2D eigenvalue weighted by atomic mass is 32.2. The fourth-order valence-corrected chi connectivity index (χ4v) is 2.28. The van der Waals surface area contributed by atoms with E-state index in [0.29, 0.717) is 5.75 Å². The second-order valence-corrected chi connectivity index (χ2v) is 5.55. The molecule has 2 aromatic rings. The Bertz CT molecular complexity index is 700. The molecule has 0 aliphatic heterocycles. The zero-order valence-corrected chi connectivity index (χ0v) is 12.8. The first-order chi connectivity index (χ1) is 10.6. The van der Waals surface area contributed by atoms with Crippen LogP contribution in [0.4, 0.5) is 8.78 Å². The van der Waals surface area contributed by atoms with Crippen LogP contribution < -0.4 is 5.73 Å². The van der Waals surface area contributed by atoms with Gasteiger partial charge in [0.1, 0.15) is 0 Å². The molecule has 0 saturated carbocycles. The fourth-order valence-electron chi connectivity index (χ4n) is 1.67. The van der Waals surface area contributed by atoms with Gasteiger partial charge in [0, 0.05) is 11.3 Å². The van der Waals surface area contributed by atoms with Gasteiger partial charge in [0.15, 0.2) is 16.8 Å². The van der Waals surface area contributed by atoms with Gasteiger partial charge in [0.2, 0.25) is 0 Å². The average Bonchev–Trinajstić information content (AvgIpc) is 2.54. The summed E-state index contributed by atoms with van der Waals surface area (Å²) in [6.07, 6.45) is 1.15. The van der Waals surface area contributed by atoms with Crippen molar-refractivity contribution in [1.82, 2.24) is 0 Å². The van der Waals surface area contributed by atoms with Crippen molar-refractivity contribution in [2.75, 3.05) is 0 Å². The molecule has 0 saturated heterocycles. The molecule has 0 amide bonds. The molecule has 22 heavy (non-hydrogen) atoms. The third-order valence-corrected chi connectivity index (χ3v) is 3.74. The van der Waals surface area contributed by atoms with Crippen molar-refractivity contribution in [2.45, 2.75) is 12.7 Å². The van der Waals surface area contributed by atoms with Crippen molar-refractivity contribution in [1.29, 1.82) is 0 Å². The molecule has 0 atom stereocenters. The molecule has 2 aromatic carbocycles. The van der Waals surface area contributed by atoms with Gasteiger partial charge in [-0.05, 0) is 24.1 Å². The van der Waals surface area contributed by atoms with Crippen LogP contribution in [-0.4, -0.2) is 11.4 Å². The minimum Gasteiger partial charge on any atom is -0.377 e. The van der Waals surface area contributed by atoms with E-state index in [1.54, 1.807) is 0 Å². The van der Waals surface area contributed by atoms with Crippen LogP contribution in [0.15, 0.2) is 52.7 Å². The molecule has 3 nitrogen and oxygen atoms in total. The second-order valence-electron chi connectivity index (χ2n) is 4.56. The Kier molecular flexibility index (Phi) is 5.66. The quantitative estimate of drug-likeness (QED) is 0.528. The van der Waals surface area contributed by atoms with E-state index in [2.05, 4.69) is 10.2 Å². The lowest BCUT2D eigenvalue weighted by Gasteiger charge is -2.01. The maximum absolute atomic E-state index is 13.6. The normalized spacial score (nSPS) is 12.0. The largest absolute Gasteiger partial charge is 0.377 e. The van der Waals surface area contributed by atoms with Crippen LogP contribution in [-0.2, 0) is 5.75 Å². The van der Waals surface area contributed by atoms with E-state index in [1.807, 2.05) is 30.3 Å². The van der Waals surface area contributed by atoms with Crippen LogP contribution in [0.2, 0.25) is 0 Å². The molecule has 2 rings (SSSR count). The number of benzene rings is 2. The summed E-state index contributed by atoms with van der Waals surface area (Å²) >= 11 is 1.32. The maximum Gasteiger partial charge on any atom is 0.180 e. The van der Waals surface area contributed by atoms with Gasteiger partial charge < -0.3 is 5.73 Å². The molecule has 0 aliphatic carbocycles. The lowest BCUT2D eigenvalue weighted by Crippen LogP contribution is -2.06. The molecule has 0 aliphatic rings. The molecule has 6 heteroatoms. The third-order valence-electron chi connectivity index (χ3n) is 2.89. The Morgan fingerprint density at radius 3 is 2.59 bits per heavy atom. The first kappa shape index (κ1) is 16.2. The van der Waals surface area contributed by atoms with Gasteiger partial charge in [-0.3, -0.25) is 0 Å². The number of aryl methyl sites for hydroxylation is 1. The lowest BCUT2D eigenvalue weighted by molar-refractivity contribution is 0.502. The Morgan fingerprint density at radius 2 is 1.86 bits per heavy atom. The van der Waals surface area contributed by atoms with Crippen molar-refractivity contribution in [2.24, 2.45) is 15.9 Å². The lowest BCUT2D eigenvalue weighted by atomic mass is 10.1. The summed E-state index contributed by atoms with van der Waals surface area (Å²) in [5.41, 5.74) is 7.10. The van der Waals surface area contributed by atoms with Gasteiger partial charge in [-0.15, -0.1) is 5.10 Å². The number of halogens is 2. The van der Waals surface area contributed by atoms with Gasteiger partial charge in [0.25, 0.3) is 0 Å². The highest BCUT2D eigenvalue weighted by molar-refractivity contribution is 8.13. The second kappa shape index (κ2) is 7.70. The summed E-state index contributed by atoms with van der Waals surface area (Å²) in [6, 6.07) is 12.7.